The number of carbonyl (C=O) groups excluding carboxylic acids is 2. The van der Waals surface area contributed by atoms with E-state index < -0.39 is 17.2 Å². The number of benzene rings is 2. The standard InChI is InChI=1S/C31H46N2O2/c1-27(2,3)19-15-13-16-20(28(4,5)6)23(19)31(25(32)34,26(33)35)24-21(29(7,8)9)17-14-18-22(24)30(10,11)12/h13-18H,1-12H3,(H2,32,34)(H2,33,35). The number of primary amides is 2. The summed E-state index contributed by atoms with van der Waals surface area (Å²) < 4.78 is 0. The van der Waals surface area contributed by atoms with Crippen molar-refractivity contribution >= 4 is 11.8 Å². The fraction of sp³-hybridized carbons (Fsp3) is 0.548. The molecule has 192 valence electrons. The average Bonchev–Trinajstić information content (AvgIpc) is 2.64. The fourth-order valence-electron chi connectivity index (χ4n) is 5.15. The average molecular weight is 479 g/mol. The number of rotatable bonds is 4. The van der Waals surface area contributed by atoms with Crippen LogP contribution in [0.1, 0.15) is 116 Å². The van der Waals surface area contributed by atoms with Crippen molar-refractivity contribution in [1.82, 2.24) is 0 Å². The van der Waals surface area contributed by atoms with Gasteiger partial charge in [-0.05, 0) is 55.0 Å². The van der Waals surface area contributed by atoms with E-state index in [1.165, 1.54) is 0 Å². The zero-order valence-electron chi connectivity index (χ0n) is 23.9. The van der Waals surface area contributed by atoms with Gasteiger partial charge >= 0.3 is 0 Å². The van der Waals surface area contributed by atoms with E-state index in [1.54, 1.807) is 0 Å². The molecule has 35 heavy (non-hydrogen) atoms. The normalized spacial score (nSPS) is 13.6. The van der Waals surface area contributed by atoms with Crippen LogP contribution in [0.5, 0.6) is 0 Å². The Morgan fingerprint density at radius 3 is 0.829 bits per heavy atom. The second-order valence-electron chi connectivity index (χ2n) is 13.9. The Labute approximate surface area is 212 Å². The van der Waals surface area contributed by atoms with Crippen molar-refractivity contribution in [2.24, 2.45) is 11.5 Å². The maximum Gasteiger partial charge on any atom is 0.242 e. The quantitative estimate of drug-likeness (QED) is 0.518. The van der Waals surface area contributed by atoms with Crippen LogP contribution in [0.4, 0.5) is 0 Å². The number of nitrogens with two attached hydrogens (primary N) is 2. The van der Waals surface area contributed by atoms with Crippen LogP contribution in [0, 0.1) is 0 Å². The van der Waals surface area contributed by atoms with Gasteiger partial charge in [0.1, 0.15) is 0 Å². The third-order valence-corrected chi connectivity index (χ3v) is 6.85. The summed E-state index contributed by atoms with van der Waals surface area (Å²) >= 11 is 0. The third kappa shape index (κ3) is 5.03. The highest BCUT2D eigenvalue weighted by molar-refractivity contribution is 6.14. The van der Waals surface area contributed by atoms with Gasteiger partial charge in [-0.3, -0.25) is 9.59 Å². The molecule has 0 aromatic heterocycles. The van der Waals surface area contributed by atoms with Crippen molar-refractivity contribution in [3.8, 4) is 0 Å². The van der Waals surface area contributed by atoms with Crippen molar-refractivity contribution in [1.29, 1.82) is 0 Å². The number of hydrogen-bond acceptors (Lipinski definition) is 2. The molecule has 2 aromatic rings. The second kappa shape index (κ2) is 8.80. The van der Waals surface area contributed by atoms with Crippen LogP contribution >= 0.6 is 0 Å². The SMILES string of the molecule is CC(C)(C)c1cccc(C(C)(C)C)c1C(C(N)=O)(C(N)=O)c1c(C(C)(C)C)cccc1C(C)(C)C. The molecular weight excluding hydrogens is 432 g/mol. The predicted molar refractivity (Wildman–Crippen MR) is 147 cm³/mol. The van der Waals surface area contributed by atoms with Gasteiger partial charge in [-0.2, -0.15) is 0 Å². The first-order valence-electron chi connectivity index (χ1n) is 12.5. The number of hydrogen-bond donors (Lipinski definition) is 2. The van der Waals surface area contributed by atoms with Crippen molar-refractivity contribution in [2.45, 2.75) is 110 Å². The van der Waals surface area contributed by atoms with Gasteiger partial charge in [0.15, 0.2) is 5.41 Å². The molecule has 0 saturated heterocycles. The largest absolute Gasteiger partial charge is 0.368 e. The van der Waals surface area contributed by atoms with Crippen LogP contribution in [0.15, 0.2) is 36.4 Å². The zero-order valence-corrected chi connectivity index (χ0v) is 23.9. The molecule has 4 heteroatoms. The maximum absolute atomic E-state index is 13.9. The van der Waals surface area contributed by atoms with Crippen molar-refractivity contribution in [3.63, 3.8) is 0 Å². The molecular formula is C31H46N2O2. The van der Waals surface area contributed by atoms with Gasteiger partial charge in [0.2, 0.25) is 11.8 Å². The summed E-state index contributed by atoms with van der Waals surface area (Å²) in [5.41, 5.74) is 14.2. The van der Waals surface area contributed by atoms with E-state index in [-0.39, 0.29) is 21.7 Å². The van der Waals surface area contributed by atoms with Crippen LogP contribution in [0.3, 0.4) is 0 Å². The van der Waals surface area contributed by atoms with Crippen LogP contribution in [0.25, 0.3) is 0 Å². The molecule has 2 aromatic carbocycles. The van der Waals surface area contributed by atoms with Crippen molar-refractivity contribution < 1.29 is 9.59 Å². The lowest BCUT2D eigenvalue weighted by atomic mass is 9.59. The second-order valence-corrected chi connectivity index (χ2v) is 13.9. The Morgan fingerprint density at radius 1 is 0.486 bits per heavy atom. The fourth-order valence-corrected chi connectivity index (χ4v) is 5.15. The van der Waals surface area contributed by atoms with Gasteiger partial charge in [-0.25, -0.2) is 0 Å². The Hall–Kier alpha value is -2.62. The molecule has 0 aliphatic carbocycles. The Kier molecular flexibility index (Phi) is 7.19. The van der Waals surface area contributed by atoms with E-state index in [1.807, 2.05) is 36.4 Å². The minimum absolute atomic E-state index is 0.370. The molecule has 0 aliphatic rings. The molecule has 4 nitrogen and oxygen atoms in total. The van der Waals surface area contributed by atoms with E-state index >= 15 is 0 Å². The first-order chi connectivity index (χ1) is 15.6. The summed E-state index contributed by atoms with van der Waals surface area (Å²) in [4.78, 5) is 27.8. The van der Waals surface area contributed by atoms with Gasteiger partial charge < -0.3 is 11.5 Å². The summed E-state index contributed by atoms with van der Waals surface area (Å²) in [5, 5.41) is 0. The minimum Gasteiger partial charge on any atom is -0.368 e. The first-order valence-corrected chi connectivity index (χ1v) is 12.5. The van der Waals surface area contributed by atoms with Gasteiger partial charge in [-0.15, -0.1) is 0 Å². The molecule has 4 N–H and O–H groups in total. The van der Waals surface area contributed by atoms with Crippen molar-refractivity contribution in [3.05, 3.63) is 69.8 Å². The van der Waals surface area contributed by atoms with E-state index in [0.29, 0.717) is 11.1 Å². The van der Waals surface area contributed by atoms with Crippen LogP contribution < -0.4 is 11.5 Å². The monoisotopic (exact) mass is 478 g/mol. The highest BCUT2D eigenvalue weighted by atomic mass is 16.2. The first kappa shape index (κ1) is 28.6. The molecule has 0 bridgehead atoms. The molecule has 2 rings (SSSR count). The lowest BCUT2D eigenvalue weighted by Crippen LogP contribution is -2.56. The minimum atomic E-state index is -1.85. The highest BCUT2D eigenvalue weighted by Crippen LogP contribution is 2.49. The molecule has 0 fully saturated rings. The predicted octanol–water partition coefficient (Wildman–Crippen LogP) is 6.13. The van der Waals surface area contributed by atoms with Crippen LogP contribution in [-0.2, 0) is 36.7 Å². The van der Waals surface area contributed by atoms with Crippen LogP contribution in [0.2, 0.25) is 0 Å². The molecule has 0 saturated carbocycles. The van der Waals surface area contributed by atoms with E-state index in [4.69, 9.17) is 11.5 Å². The Bertz CT molecular complexity index is 975. The molecule has 2 amide bonds. The number of carbonyl (C=O) groups is 2. The van der Waals surface area contributed by atoms with E-state index in [9.17, 15) is 9.59 Å². The molecule has 0 spiro atoms. The summed E-state index contributed by atoms with van der Waals surface area (Å²) in [7, 11) is 0. The summed E-state index contributed by atoms with van der Waals surface area (Å²) in [6.45, 7) is 25.1. The van der Waals surface area contributed by atoms with E-state index in [0.717, 1.165) is 22.3 Å². The summed E-state index contributed by atoms with van der Waals surface area (Å²) in [6.07, 6.45) is 0. The van der Waals surface area contributed by atoms with Crippen molar-refractivity contribution in [2.75, 3.05) is 0 Å². The third-order valence-electron chi connectivity index (χ3n) is 6.85. The topological polar surface area (TPSA) is 86.2 Å². The van der Waals surface area contributed by atoms with Gasteiger partial charge in [0, 0.05) is 0 Å². The molecule has 0 heterocycles. The number of amides is 2. The lowest BCUT2D eigenvalue weighted by molar-refractivity contribution is -0.132. The maximum atomic E-state index is 13.9. The van der Waals surface area contributed by atoms with Gasteiger partial charge in [-0.1, -0.05) is 119 Å². The molecule has 0 unspecified atom stereocenters. The zero-order chi connectivity index (χ0) is 27.4. The van der Waals surface area contributed by atoms with Crippen LogP contribution in [-0.4, -0.2) is 11.8 Å². The van der Waals surface area contributed by atoms with Gasteiger partial charge in [0.25, 0.3) is 0 Å². The lowest BCUT2D eigenvalue weighted by Gasteiger charge is -2.43. The van der Waals surface area contributed by atoms with Gasteiger partial charge in [0.05, 0.1) is 0 Å². The Balaban J connectivity index is 3.46. The Morgan fingerprint density at radius 2 is 0.686 bits per heavy atom. The smallest absolute Gasteiger partial charge is 0.242 e. The summed E-state index contributed by atoms with van der Waals surface area (Å²) in [6, 6.07) is 12.0. The highest BCUT2D eigenvalue weighted by Gasteiger charge is 2.54. The summed E-state index contributed by atoms with van der Waals surface area (Å²) in [5.74, 6) is -1.48. The molecule has 0 atom stereocenters. The van der Waals surface area contributed by atoms with E-state index in [2.05, 4.69) is 83.1 Å². The molecule has 0 aliphatic heterocycles. The molecule has 0 radical (unpaired) electrons.